The second-order valence-corrected chi connectivity index (χ2v) is 6.88. The van der Waals surface area contributed by atoms with Gasteiger partial charge in [0.25, 0.3) is 10.0 Å². The zero-order valence-electron chi connectivity index (χ0n) is 11.6. The summed E-state index contributed by atoms with van der Waals surface area (Å²) in [5.41, 5.74) is 1.43. The smallest absolute Gasteiger partial charge is 0.264 e. The van der Waals surface area contributed by atoms with Gasteiger partial charge in [0.1, 0.15) is 4.90 Å². The van der Waals surface area contributed by atoms with Gasteiger partial charge in [-0.2, -0.15) is 0 Å². The standard InChI is InChI=1S/C13H15BrN4O2S/c1-3-15-13-16-7-11(8-17-13)21(19,20)18-10-4-5-12(14)9(2)6-10/h4-8,18H,3H2,1-2H3,(H,15,16,17). The van der Waals surface area contributed by atoms with Crippen LogP contribution in [0.3, 0.4) is 0 Å². The summed E-state index contributed by atoms with van der Waals surface area (Å²) >= 11 is 3.37. The van der Waals surface area contributed by atoms with Gasteiger partial charge >= 0.3 is 0 Å². The van der Waals surface area contributed by atoms with Crippen LogP contribution in [0.5, 0.6) is 0 Å². The summed E-state index contributed by atoms with van der Waals surface area (Å²) in [6.07, 6.45) is 2.55. The predicted molar refractivity (Wildman–Crippen MR) is 85.9 cm³/mol. The molecule has 2 aromatic rings. The van der Waals surface area contributed by atoms with E-state index in [2.05, 4.69) is 35.9 Å². The van der Waals surface area contributed by atoms with E-state index in [-0.39, 0.29) is 4.90 Å². The molecule has 0 saturated heterocycles. The van der Waals surface area contributed by atoms with Crippen LogP contribution in [0.4, 0.5) is 11.6 Å². The van der Waals surface area contributed by atoms with Crippen molar-refractivity contribution in [1.29, 1.82) is 0 Å². The topological polar surface area (TPSA) is 84.0 Å². The Labute approximate surface area is 132 Å². The zero-order chi connectivity index (χ0) is 15.5. The minimum atomic E-state index is -3.69. The van der Waals surface area contributed by atoms with Crippen LogP contribution in [-0.2, 0) is 10.0 Å². The average molecular weight is 371 g/mol. The highest BCUT2D eigenvalue weighted by Crippen LogP contribution is 2.22. The Kier molecular flexibility index (Phi) is 4.79. The van der Waals surface area contributed by atoms with Crippen molar-refractivity contribution in [1.82, 2.24) is 9.97 Å². The van der Waals surface area contributed by atoms with E-state index >= 15 is 0 Å². The lowest BCUT2D eigenvalue weighted by Gasteiger charge is -2.09. The average Bonchev–Trinajstić information content (AvgIpc) is 2.44. The summed E-state index contributed by atoms with van der Waals surface area (Å²) in [4.78, 5) is 7.94. The monoisotopic (exact) mass is 370 g/mol. The van der Waals surface area contributed by atoms with Gasteiger partial charge in [-0.3, -0.25) is 4.72 Å². The van der Waals surface area contributed by atoms with Gasteiger partial charge in [-0.15, -0.1) is 0 Å². The number of rotatable bonds is 5. The van der Waals surface area contributed by atoms with Crippen LogP contribution in [0, 0.1) is 6.92 Å². The lowest BCUT2D eigenvalue weighted by molar-refractivity contribution is 0.600. The van der Waals surface area contributed by atoms with Crippen LogP contribution in [0.15, 0.2) is 40.0 Å². The van der Waals surface area contributed by atoms with Crippen LogP contribution in [0.1, 0.15) is 12.5 Å². The molecule has 21 heavy (non-hydrogen) atoms. The van der Waals surface area contributed by atoms with Crippen LogP contribution >= 0.6 is 15.9 Å². The number of hydrogen-bond donors (Lipinski definition) is 2. The number of nitrogens with one attached hydrogen (secondary N) is 2. The van der Waals surface area contributed by atoms with Crippen molar-refractivity contribution in [3.63, 3.8) is 0 Å². The molecule has 0 aliphatic heterocycles. The molecule has 0 aliphatic carbocycles. The minimum absolute atomic E-state index is 0.0183. The van der Waals surface area contributed by atoms with Gasteiger partial charge < -0.3 is 5.32 Å². The first kappa shape index (κ1) is 15.7. The lowest BCUT2D eigenvalue weighted by Crippen LogP contribution is -2.14. The molecule has 0 fully saturated rings. The van der Waals surface area contributed by atoms with Crippen LogP contribution in [-0.4, -0.2) is 24.9 Å². The Morgan fingerprint density at radius 1 is 1.24 bits per heavy atom. The number of nitrogens with zero attached hydrogens (tertiary/aromatic N) is 2. The zero-order valence-corrected chi connectivity index (χ0v) is 14.0. The first-order valence-corrected chi connectivity index (χ1v) is 8.55. The van der Waals surface area contributed by atoms with Crippen molar-refractivity contribution in [2.24, 2.45) is 0 Å². The summed E-state index contributed by atoms with van der Waals surface area (Å²) in [6.45, 7) is 4.46. The summed E-state index contributed by atoms with van der Waals surface area (Å²) < 4.78 is 27.9. The lowest BCUT2D eigenvalue weighted by atomic mass is 10.2. The molecular weight excluding hydrogens is 356 g/mol. The maximum atomic E-state index is 12.2. The molecule has 0 amide bonds. The Bertz CT molecular complexity index is 732. The highest BCUT2D eigenvalue weighted by atomic mass is 79.9. The molecule has 0 spiro atoms. The molecular formula is C13H15BrN4O2S. The highest BCUT2D eigenvalue weighted by Gasteiger charge is 2.15. The van der Waals surface area contributed by atoms with Crippen LogP contribution in [0.2, 0.25) is 0 Å². The molecule has 2 rings (SSSR count). The van der Waals surface area contributed by atoms with Crippen molar-refractivity contribution >= 4 is 37.6 Å². The molecule has 112 valence electrons. The quantitative estimate of drug-likeness (QED) is 0.845. The van der Waals surface area contributed by atoms with E-state index in [1.807, 2.05) is 13.8 Å². The van der Waals surface area contributed by atoms with Gasteiger partial charge in [0.05, 0.1) is 12.4 Å². The third-order valence-corrected chi connectivity index (χ3v) is 4.91. The van der Waals surface area contributed by atoms with Gasteiger partial charge in [0, 0.05) is 16.7 Å². The first-order valence-electron chi connectivity index (χ1n) is 6.27. The fraction of sp³-hybridized carbons (Fsp3) is 0.231. The van der Waals surface area contributed by atoms with Crippen LogP contribution < -0.4 is 10.0 Å². The van der Waals surface area contributed by atoms with E-state index < -0.39 is 10.0 Å². The second-order valence-electron chi connectivity index (χ2n) is 4.34. The van der Waals surface area contributed by atoms with Crippen molar-refractivity contribution in [2.45, 2.75) is 18.7 Å². The normalized spacial score (nSPS) is 11.2. The molecule has 1 heterocycles. The number of halogens is 1. The molecule has 1 aromatic heterocycles. The molecule has 2 N–H and O–H groups in total. The number of hydrogen-bond acceptors (Lipinski definition) is 5. The number of benzene rings is 1. The molecule has 6 nitrogen and oxygen atoms in total. The largest absolute Gasteiger partial charge is 0.355 e. The maximum absolute atomic E-state index is 12.2. The van der Waals surface area contributed by atoms with E-state index in [9.17, 15) is 8.42 Å². The van der Waals surface area contributed by atoms with E-state index in [0.717, 1.165) is 10.0 Å². The number of anilines is 2. The molecule has 1 aromatic carbocycles. The molecule has 0 unspecified atom stereocenters. The fourth-order valence-electron chi connectivity index (χ4n) is 1.63. The van der Waals surface area contributed by atoms with Crippen molar-refractivity contribution in [2.75, 3.05) is 16.6 Å². The number of aryl methyl sites for hydroxylation is 1. The molecule has 0 saturated carbocycles. The summed E-state index contributed by atoms with van der Waals surface area (Å²) in [5, 5.41) is 2.91. The Morgan fingerprint density at radius 3 is 2.48 bits per heavy atom. The van der Waals surface area contributed by atoms with Crippen molar-refractivity contribution < 1.29 is 8.42 Å². The predicted octanol–water partition coefficient (Wildman–Crippen LogP) is 2.78. The summed E-state index contributed by atoms with van der Waals surface area (Å²) in [6, 6.07) is 5.22. The van der Waals surface area contributed by atoms with Crippen molar-refractivity contribution in [3.8, 4) is 0 Å². The molecule has 0 radical (unpaired) electrons. The Morgan fingerprint density at radius 2 is 1.90 bits per heavy atom. The van der Waals surface area contributed by atoms with E-state index in [1.54, 1.807) is 18.2 Å². The van der Waals surface area contributed by atoms with Gasteiger partial charge in [0.2, 0.25) is 5.95 Å². The van der Waals surface area contributed by atoms with Gasteiger partial charge in [-0.1, -0.05) is 15.9 Å². The maximum Gasteiger partial charge on any atom is 0.264 e. The Hall–Kier alpha value is -1.67. The molecule has 0 aliphatic rings. The van der Waals surface area contributed by atoms with Gasteiger partial charge in [0.15, 0.2) is 0 Å². The fourth-order valence-corrected chi connectivity index (χ4v) is 2.81. The third kappa shape index (κ3) is 3.92. The van der Waals surface area contributed by atoms with Gasteiger partial charge in [-0.25, -0.2) is 18.4 Å². The third-order valence-electron chi connectivity index (χ3n) is 2.68. The van der Waals surface area contributed by atoms with E-state index in [4.69, 9.17) is 0 Å². The van der Waals surface area contributed by atoms with Gasteiger partial charge in [-0.05, 0) is 37.6 Å². The molecule has 0 atom stereocenters. The van der Waals surface area contributed by atoms with E-state index in [1.165, 1.54) is 12.4 Å². The van der Waals surface area contributed by atoms with Crippen LogP contribution in [0.25, 0.3) is 0 Å². The molecule has 8 heteroatoms. The first-order chi connectivity index (χ1) is 9.92. The molecule has 0 bridgehead atoms. The highest BCUT2D eigenvalue weighted by molar-refractivity contribution is 9.10. The SMILES string of the molecule is CCNc1ncc(S(=O)(=O)Nc2ccc(Br)c(C)c2)cn1. The van der Waals surface area contributed by atoms with E-state index in [0.29, 0.717) is 18.2 Å². The summed E-state index contributed by atoms with van der Waals surface area (Å²) in [7, 11) is -3.69. The Balaban J connectivity index is 2.23. The second kappa shape index (κ2) is 6.40. The van der Waals surface area contributed by atoms with Crippen molar-refractivity contribution in [3.05, 3.63) is 40.6 Å². The number of aromatic nitrogens is 2. The number of sulfonamides is 1. The minimum Gasteiger partial charge on any atom is -0.355 e. The summed E-state index contributed by atoms with van der Waals surface area (Å²) in [5.74, 6) is 0.399.